The number of aromatic nitrogens is 1. The molecule has 0 radical (unpaired) electrons. The van der Waals surface area contributed by atoms with Gasteiger partial charge < -0.3 is 0 Å². The monoisotopic (exact) mass is 318 g/mol. The van der Waals surface area contributed by atoms with Gasteiger partial charge in [-0.25, -0.2) is 0 Å². The first-order valence-electron chi connectivity index (χ1n) is 7.36. The zero-order chi connectivity index (χ0) is 14.8. The van der Waals surface area contributed by atoms with Gasteiger partial charge in [-0.1, -0.05) is 49.3 Å². The summed E-state index contributed by atoms with van der Waals surface area (Å²) in [6, 6.07) is 6.11. The number of carbonyl (C=O) groups is 1. The topological polar surface area (TPSA) is 33.2 Å². The van der Waals surface area contributed by atoms with Crippen molar-refractivity contribution >= 4 is 40.3 Å². The quantitative estimate of drug-likeness (QED) is 0.611. The van der Waals surface area contributed by atoms with Crippen molar-refractivity contribution in [2.24, 2.45) is 0 Å². The summed E-state index contributed by atoms with van der Waals surface area (Å²) in [5.74, 6) is 0.0557. The Morgan fingerprint density at radius 1 is 1.33 bits per heavy atom. The van der Waals surface area contributed by atoms with Gasteiger partial charge in [0.25, 0.3) is 5.91 Å². The molecule has 2 fully saturated rings. The predicted octanol–water partition coefficient (Wildman–Crippen LogP) is 3.92. The Kier molecular flexibility index (Phi) is 4.40. The maximum atomic E-state index is 12.6. The van der Waals surface area contributed by atoms with E-state index >= 15 is 0 Å². The Bertz CT molecular complexity index is 606. The van der Waals surface area contributed by atoms with Gasteiger partial charge in [0.1, 0.15) is 4.32 Å². The Labute approximate surface area is 134 Å². The van der Waals surface area contributed by atoms with Crippen LogP contribution < -0.4 is 0 Å². The zero-order valence-corrected chi connectivity index (χ0v) is 13.7. The van der Waals surface area contributed by atoms with Crippen LogP contribution in [0.15, 0.2) is 23.1 Å². The third-order valence-electron chi connectivity index (χ3n) is 3.95. The van der Waals surface area contributed by atoms with E-state index in [1.807, 2.05) is 36.1 Å². The maximum absolute atomic E-state index is 12.6. The number of hydrogen-bond acceptors (Lipinski definition) is 4. The minimum atomic E-state index is 0.0557. The number of hydrogen-bond donors (Lipinski definition) is 0. The number of amides is 1. The zero-order valence-electron chi connectivity index (χ0n) is 12.0. The number of pyridine rings is 1. The molecule has 0 atom stereocenters. The summed E-state index contributed by atoms with van der Waals surface area (Å²) in [5, 5.41) is 0. The van der Waals surface area contributed by atoms with Crippen LogP contribution in [0.5, 0.6) is 0 Å². The maximum Gasteiger partial charge on any atom is 0.266 e. The Morgan fingerprint density at radius 2 is 2.10 bits per heavy atom. The largest absolute Gasteiger partial charge is 0.290 e. The van der Waals surface area contributed by atoms with Crippen LogP contribution in [0.3, 0.4) is 0 Å². The number of thioether (sulfide) groups is 1. The average Bonchev–Trinajstić information content (AvgIpc) is 2.74. The van der Waals surface area contributed by atoms with E-state index in [0.717, 1.165) is 24.2 Å². The fourth-order valence-corrected chi connectivity index (χ4v) is 4.30. The molecule has 2 aliphatic rings. The van der Waals surface area contributed by atoms with Crippen LogP contribution >= 0.6 is 24.0 Å². The van der Waals surface area contributed by atoms with Crippen molar-refractivity contribution in [1.29, 1.82) is 0 Å². The molecule has 3 nitrogen and oxygen atoms in total. The third kappa shape index (κ3) is 3.19. The first-order valence-corrected chi connectivity index (χ1v) is 8.58. The second-order valence-corrected chi connectivity index (χ2v) is 7.22. The van der Waals surface area contributed by atoms with Gasteiger partial charge in [0.15, 0.2) is 0 Å². The molecule has 1 saturated carbocycles. The van der Waals surface area contributed by atoms with Crippen molar-refractivity contribution in [2.45, 2.75) is 45.1 Å². The molecule has 1 aliphatic carbocycles. The molecule has 1 aromatic heterocycles. The van der Waals surface area contributed by atoms with Gasteiger partial charge in [-0.3, -0.25) is 14.7 Å². The second kappa shape index (κ2) is 6.28. The van der Waals surface area contributed by atoms with E-state index in [4.69, 9.17) is 12.2 Å². The van der Waals surface area contributed by atoms with Crippen LogP contribution in [-0.4, -0.2) is 26.2 Å². The highest BCUT2D eigenvalue weighted by atomic mass is 32.2. The summed E-state index contributed by atoms with van der Waals surface area (Å²) in [5.41, 5.74) is 1.77. The molecule has 1 aromatic rings. The molecule has 0 aromatic carbocycles. The molecule has 21 heavy (non-hydrogen) atoms. The number of aryl methyl sites for hydroxylation is 1. The van der Waals surface area contributed by atoms with Crippen molar-refractivity contribution < 1.29 is 4.79 Å². The molecular weight excluding hydrogens is 300 g/mol. The molecule has 0 N–H and O–H groups in total. The minimum absolute atomic E-state index is 0.0557. The van der Waals surface area contributed by atoms with Crippen molar-refractivity contribution in [3.05, 3.63) is 34.5 Å². The van der Waals surface area contributed by atoms with Gasteiger partial charge in [-0.05, 0) is 38.0 Å². The van der Waals surface area contributed by atoms with Gasteiger partial charge in [0.2, 0.25) is 0 Å². The summed E-state index contributed by atoms with van der Waals surface area (Å²) < 4.78 is 0.700. The number of thiocarbonyl (C=S) groups is 1. The molecule has 1 saturated heterocycles. The molecule has 1 amide bonds. The second-order valence-electron chi connectivity index (χ2n) is 5.55. The van der Waals surface area contributed by atoms with Crippen LogP contribution in [0, 0.1) is 6.92 Å². The Morgan fingerprint density at radius 3 is 2.81 bits per heavy atom. The standard InChI is InChI=1S/C16H18N2OS2/c1-11-6-5-7-12(17-11)10-14-15(19)18(16(20)21-14)13-8-3-2-4-9-13/h5-7,10,13H,2-4,8-9H2,1H3/b14-10+. The smallest absolute Gasteiger partial charge is 0.266 e. The van der Waals surface area contributed by atoms with Crippen LogP contribution in [0.4, 0.5) is 0 Å². The molecule has 110 valence electrons. The third-order valence-corrected chi connectivity index (χ3v) is 5.28. The fourth-order valence-electron chi connectivity index (χ4n) is 2.91. The summed E-state index contributed by atoms with van der Waals surface area (Å²) in [6.45, 7) is 1.95. The lowest BCUT2D eigenvalue weighted by Crippen LogP contribution is -2.39. The number of rotatable bonds is 2. The van der Waals surface area contributed by atoms with Crippen molar-refractivity contribution in [3.63, 3.8) is 0 Å². The van der Waals surface area contributed by atoms with E-state index in [1.54, 1.807) is 0 Å². The van der Waals surface area contributed by atoms with Crippen molar-refractivity contribution in [1.82, 2.24) is 9.88 Å². The van der Waals surface area contributed by atoms with Gasteiger partial charge in [0, 0.05) is 11.7 Å². The summed E-state index contributed by atoms with van der Waals surface area (Å²) in [6.07, 6.45) is 7.66. The van der Waals surface area contributed by atoms with E-state index in [2.05, 4.69) is 4.98 Å². The van der Waals surface area contributed by atoms with E-state index in [-0.39, 0.29) is 5.91 Å². The molecule has 0 spiro atoms. The van der Waals surface area contributed by atoms with Gasteiger partial charge in [-0.2, -0.15) is 0 Å². The van der Waals surface area contributed by atoms with Crippen LogP contribution in [0.25, 0.3) is 6.08 Å². The molecule has 1 aliphatic heterocycles. The fraction of sp³-hybridized carbons (Fsp3) is 0.438. The van der Waals surface area contributed by atoms with E-state index < -0.39 is 0 Å². The van der Waals surface area contributed by atoms with E-state index in [9.17, 15) is 4.79 Å². The average molecular weight is 318 g/mol. The minimum Gasteiger partial charge on any atom is -0.290 e. The van der Waals surface area contributed by atoms with Crippen molar-refractivity contribution in [2.75, 3.05) is 0 Å². The van der Waals surface area contributed by atoms with Crippen LogP contribution in [0.2, 0.25) is 0 Å². The predicted molar refractivity (Wildman–Crippen MR) is 90.9 cm³/mol. The van der Waals surface area contributed by atoms with Crippen LogP contribution in [0.1, 0.15) is 43.5 Å². The molecule has 5 heteroatoms. The van der Waals surface area contributed by atoms with Gasteiger partial charge in [0.05, 0.1) is 10.6 Å². The number of nitrogens with zero attached hydrogens (tertiary/aromatic N) is 2. The molecule has 0 unspecified atom stereocenters. The van der Waals surface area contributed by atoms with Gasteiger partial charge >= 0.3 is 0 Å². The molecular formula is C16H18N2OS2. The lowest BCUT2D eigenvalue weighted by Gasteiger charge is -2.29. The number of carbonyl (C=O) groups excluding carboxylic acids is 1. The summed E-state index contributed by atoms with van der Waals surface area (Å²) in [4.78, 5) is 19.6. The normalized spacial score (nSPS) is 22.3. The van der Waals surface area contributed by atoms with Gasteiger partial charge in [-0.15, -0.1) is 0 Å². The highest BCUT2D eigenvalue weighted by molar-refractivity contribution is 8.26. The Hall–Kier alpha value is -1.20. The lowest BCUT2D eigenvalue weighted by molar-refractivity contribution is -0.124. The van der Waals surface area contributed by atoms with Crippen molar-refractivity contribution in [3.8, 4) is 0 Å². The molecule has 2 heterocycles. The van der Waals surface area contributed by atoms with Crippen LogP contribution in [-0.2, 0) is 4.79 Å². The highest BCUT2D eigenvalue weighted by Gasteiger charge is 2.37. The lowest BCUT2D eigenvalue weighted by atomic mass is 9.94. The Balaban J connectivity index is 1.82. The first-order chi connectivity index (χ1) is 10.1. The highest BCUT2D eigenvalue weighted by Crippen LogP contribution is 2.37. The molecule has 3 rings (SSSR count). The summed E-state index contributed by atoms with van der Waals surface area (Å²) in [7, 11) is 0. The first kappa shape index (κ1) is 14.7. The van der Waals surface area contributed by atoms with E-state index in [0.29, 0.717) is 15.3 Å². The SMILES string of the molecule is Cc1cccc(/C=C2/SC(=S)N(C3CCCCC3)C2=O)n1. The van der Waals surface area contributed by atoms with E-state index in [1.165, 1.54) is 31.0 Å². The summed E-state index contributed by atoms with van der Waals surface area (Å²) >= 11 is 6.83. The molecule has 0 bridgehead atoms.